The van der Waals surface area contributed by atoms with Crippen LogP contribution in [0.1, 0.15) is 29.1 Å². The smallest absolute Gasteiger partial charge is 0.350 e. The summed E-state index contributed by atoms with van der Waals surface area (Å²) >= 11 is 1.24. The number of nitrogens with two attached hydrogens (primary N) is 1. The minimum Gasteiger partial charge on any atom is -0.465 e. The van der Waals surface area contributed by atoms with E-state index in [1.807, 2.05) is 0 Å². The van der Waals surface area contributed by atoms with Crippen LogP contribution >= 0.6 is 11.3 Å². The van der Waals surface area contributed by atoms with Gasteiger partial charge in [-0.15, -0.1) is 11.3 Å². The van der Waals surface area contributed by atoms with Crippen molar-refractivity contribution in [2.24, 2.45) is 0 Å². The van der Waals surface area contributed by atoms with Gasteiger partial charge in [-0.2, -0.15) is 5.26 Å². The molecule has 1 aliphatic heterocycles. The van der Waals surface area contributed by atoms with Crippen molar-refractivity contribution in [3.63, 3.8) is 0 Å². The van der Waals surface area contributed by atoms with Crippen LogP contribution < -0.4 is 10.6 Å². The van der Waals surface area contributed by atoms with E-state index in [4.69, 9.17) is 10.5 Å². The summed E-state index contributed by atoms with van der Waals surface area (Å²) in [5.74, 6) is -0.490. The molecule has 7 heteroatoms. The number of nitrogens with zero attached hydrogens (tertiary/aromatic N) is 3. The number of anilines is 2. The molecule has 2 rings (SSSR count). The lowest BCUT2D eigenvalue weighted by molar-refractivity contribution is 0.0607. The Kier molecular flexibility index (Phi) is 4.40. The van der Waals surface area contributed by atoms with E-state index >= 15 is 0 Å². The van der Waals surface area contributed by atoms with Gasteiger partial charge in [0, 0.05) is 25.2 Å². The fraction of sp³-hybridized carbons (Fsp3) is 0.571. The molecule has 0 bridgehead atoms. The zero-order valence-corrected chi connectivity index (χ0v) is 13.5. The average molecular weight is 308 g/mol. The SMILES string of the molecule is COC(=O)c1sc(N2CC(C)N(C)C(C)C2)c(C#N)c1N. The van der Waals surface area contributed by atoms with Gasteiger partial charge in [-0.3, -0.25) is 4.90 Å². The highest BCUT2D eigenvalue weighted by Gasteiger charge is 2.31. The Bertz CT molecular complexity index is 581. The highest BCUT2D eigenvalue weighted by atomic mass is 32.1. The fourth-order valence-electron chi connectivity index (χ4n) is 2.58. The standard InChI is InChI=1S/C14H20N4O2S/c1-8-6-18(7-9(2)17(8)3)13-10(5-15)11(16)12(21-13)14(19)20-4/h8-9H,6-7,16H2,1-4H3. The number of hydrogen-bond donors (Lipinski definition) is 1. The normalized spacial score (nSPS) is 22.9. The Morgan fingerprint density at radius 2 is 2.00 bits per heavy atom. The summed E-state index contributed by atoms with van der Waals surface area (Å²) in [7, 11) is 3.41. The second kappa shape index (κ2) is 5.92. The van der Waals surface area contributed by atoms with Crippen LogP contribution in [0.4, 0.5) is 10.7 Å². The van der Waals surface area contributed by atoms with Gasteiger partial charge in [0.15, 0.2) is 0 Å². The van der Waals surface area contributed by atoms with Gasteiger partial charge in [-0.05, 0) is 20.9 Å². The Hall–Kier alpha value is -1.78. The molecular formula is C14H20N4O2S. The average Bonchev–Trinajstić information content (AvgIpc) is 2.80. The molecule has 0 saturated carbocycles. The summed E-state index contributed by atoms with van der Waals surface area (Å²) in [6, 6.07) is 2.86. The number of likely N-dealkylation sites (N-methyl/N-ethyl adjacent to an activating group) is 1. The van der Waals surface area contributed by atoms with E-state index in [1.54, 1.807) is 0 Å². The van der Waals surface area contributed by atoms with Gasteiger partial charge < -0.3 is 15.4 Å². The number of hydrogen-bond acceptors (Lipinski definition) is 7. The zero-order chi connectivity index (χ0) is 15.7. The van der Waals surface area contributed by atoms with Crippen molar-refractivity contribution in [1.29, 1.82) is 5.26 Å². The maximum Gasteiger partial charge on any atom is 0.350 e. The van der Waals surface area contributed by atoms with Gasteiger partial charge >= 0.3 is 5.97 Å². The molecule has 6 nitrogen and oxygen atoms in total. The predicted octanol–water partition coefficient (Wildman–Crippen LogP) is 1.52. The quantitative estimate of drug-likeness (QED) is 0.834. The summed E-state index contributed by atoms with van der Waals surface area (Å²) in [6.45, 7) is 5.89. The number of carbonyl (C=O) groups is 1. The summed E-state index contributed by atoms with van der Waals surface area (Å²) in [4.78, 5) is 16.5. The van der Waals surface area contributed by atoms with Gasteiger partial charge in [0.2, 0.25) is 0 Å². The maximum atomic E-state index is 11.8. The number of rotatable bonds is 2. The fourth-order valence-corrected chi connectivity index (χ4v) is 3.68. The van der Waals surface area contributed by atoms with E-state index in [0.29, 0.717) is 22.5 Å². The molecule has 2 atom stereocenters. The van der Waals surface area contributed by atoms with Gasteiger partial charge in [-0.25, -0.2) is 4.79 Å². The number of methoxy groups -OCH3 is 1. The van der Waals surface area contributed by atoms with E-state index in [-0.39, 0.29) is 5.69 Å². The van der Waals surface area contributed by atoms with Crippen LogP contribution in [-0.4, -0.2) is 50.2 Å². The van der Waals surface area contributed by atoms with E-state index in [0.717, 1.165) is 18.1 Å². The molecule has 2 unspecified atom stereocenters. The molecule has 1 saturated heterocycles. The van der Waals surface area contributed by atoms with E-state index in [1.165, 1.54) is 18.4 Å². The van der Waals surface area contributed by atoms with Crippen molar-refractivity contribution >= 4 is 28.0 Å². The Labute approximate surface area is 128 Å². The lowest BCUT2D eigenvalue weighted by atomic mass is 10.1. The first kappa shape index (κ1) is 15.6. The van der Waals surface area contributed by atoms with Gasteiger partial charge in [-0.1, -0.05) is 0 Å². The number of ether oxygens (including phenoxy) is 1. The lowest BCUT2D eigenvalue weighted by Crippen LogP contribution is -2.55. The number of thiophene rings is 1. The third-order valence-electron chi connectivity index (χ3n) is 4.06. The molecule has 1 aromatic heterocycles. The second-order valence-corrected chi connectivity index (χ2v) is 6.40. The van der Waals surface area contributed by atoms with Crippen LogP contribution in [-0.2, 0) is 4.74 Å². The molecule has 0 aromatic carbocycles. The van der Waals surface area contributed by atoms with Crippen molar-refractivity contribution in [2.75, 3.05) is 37.9 Å². The molecule has 2 heterocycles. The Balaban J connectivity index is 2.40. The topological polar surface area (TPSA) is 82.6 Å². The van der Waals surface area contributed by atoms with Crippen LogP contribution in [0.5, 0.6) is 0 Å². The predicted molar refractivity (Wildman–Crippen MR) is 83.7 cm³/mol. The monoisotopic (exact) mass is 308 g/mol. The first-order valence-corrected chi connectivity index (χ1v) is 7.59. The Morgan fingerprint density at radius 1 is 1.43 bits per heavy atom. The molecule has 21 heavy (non-hydrogen) atoms. The third kappa shape index (κ3) is 2.69. The Morgan fingerprint density at radius 3 is 2.48 bits per heavy atom. The number of carbonyl (C=O) groups excluding carboxylic acids is 1. The van der Waals surface area contributed by atoms with Gasteiger partial charge in [0.05, 0.1) is 12.8 Å². The largest absolute Gasteiger partial charge is 0.465 e. The molecule has 114 valence electrons. The molecule has 0 spiro atoms. The number of nitriles is 1. The van der Waals surface area contributed by atoms with Crippen LogP contribution in [0.3, 0.4) is 0 Å². The van der Waals surface area contributed by atoms with Gasteiger partial charge in [0.1, 0.15) is 21.5 Å². The van der Waals surface area contributed by atoms with Crippen molar-refractivity contribution < 1.29 is 9.53 Å². The van der Waals surface area contributed by atoms with Crippen LogP contribution in [0, 0.1) is 11.3 Å². The molecule has 1 aliphatic rings. The minimum atomic E-state index is -0.490. The second-order valence-electron chi connectivity index (χ2n) is 5.40. The summed E-state index contributed by atoms with van der Waals surface area (Å²) in [5.41, 5.74) is 6.55. The lowest BCUT2D eigenvalue weighted by Gasteiger charge is -2.43. The van der Waals surface area contributed by atoms with Gasteiger partial charge in [0.25, 0.3) is 0 Å². The molecule has 0 radical (unpaired) electrons. The first-order chi connectivity index (χ1) is 9.90. The van der Waals surface area contributed by atoms with Crippen LogP contribution in [0.2, 0.25) is 0 Å². The molecule has 0 amide bonds. The van der Waals surface area contributed by atoms with Crippen LogP contribution in [0.25, 0.3) is 0 Å². The minimum absolute atomic E-state index is 0.226. The van der Waals surface area contributed by atoms with Crippen LogP contribution in [0.15, 0.2) is 0 Å². The van der Waals surface area contributed by atoms with E-state index in [2.05, 4.69) is 36.8 Å². The third-order valence-corrected chi connectivity index (χ3v) is 5.30. The number of piperazine rings is 1. The van der Waals surface area contributed by atoms with Crippen molar-refractivity contribution in [3.8, 4) is 6.07 Å². The maximum absolute atomic E-state index is 11.8. The summed E-state index contributed by atoms with van der Waals surface area (Å²) in [6.07, 6.45) is 0. The highest BCUT2D eigenvalue weighted by molar-refractivity contribution is 7.18. The molecule has 1 fully saturated rings. The first-order valence-electron chi connectivity index (χ1n) is 6.78. The number of esters is 1. The summed E-state index contributed by atoms with van der Waals surface area (Å²) < 4.78 is 4.73. The summed E-state index contributed by atoms with van der Waals surface area (Å²) in [5, 5.41) is 10.1. The molecule has 2 N–H and O–H groups in total. The van der Waals surface area contributed by atoms with Crippen molar-refractivity contribution in [1.82, 2.24) is 4.90 Å². The zero-order valence-electron chi connectivity index (χ0n) is 12.7. The molecular weight excluding hydrogens is 288 g/mol. The van der Waals surface area contributed by atoms with Crippen molar-refractivity contribution in [3.05, 3.63) is 10.4 Å². The molecule has 1 aromatic rings. The highest BCUT2D eigenvalue weighted by Crippen LogP contribution is 2.39. The van der Waals surface area contributed by atoms with E-state index < -0.39 is 5.97 Å². The van der Waals surface area contributed by atoms with E-state index in [9.17, 15) is 10.1 Å². The number of nitrogen functional groups attached to an aromatic ring is 1. The molecule has 0 aliphatic carbocycles. The van der Waals surface area contributed by atoms with Crippen molar-refractivity contribution in [2.45, 2.75) is 25.9 Å².